The molecule has 1 aliphatic carbocycles. The number of ether oxygens (including phenoxy) is 1. The summed E-state index contributed by atoms with van der Waals surface area (Å²) in [7, 11) is 0. The fraction of sp³-hybridized carbons (Fsp3) is 0.281. The Bertz CT molecular complexity index is 1460. The van der Waals surface area contributed by atoms with Crippen molar-refractivity contribution in [2.24, 2.45) is 0 Å². The van der Waals surface area contributed by atoms with Crippen LogP contribution in [0.2, 0.25) is 0 Å². The third-order valence-corrected chi connectivity index (χ3v) is 6.99. The van der Waals surface area contributed by atoms with Gasteiger partial charge in [-0.2, -0.15) is 13.5 Å². The van der Waals surface area contributed by atoms with E-state index in [4.69, 9.17) is 9.72 Å². The predicted molar refractivity (Wildman–Crippen MR) is 162 cm³/mol. The molecule has 5 rings (SSSR count). The lowest BCUT2D eigenvalue weighted by atomic mass is 9.95. The number of aryl methyl sites for hydroxylation is 3. The third kappa shape index (κ3) is 8.14. The lowest BCUT2D eigenvalue weighted by Crippen LogP contribution is -2.42. The summed E-state index contributed by atoms with van der Waals surface area (Å²) in [6.45, 7) is 0.564. The maximum absolute atomic E-state index is 12.8. The first-order chi connectivity index (χ1) is 19.5. The second-order valence-corrected chi connectivity index (χ2v) is 9.94. The smallest absolute Gasteiger partial charge is 0.326 e. The number of carboxylic acid groups (broad SMARTS) is 1. The average molecular weight is 571 g/mol. The molecule has 0 saturated heterocycles. The van der Waals surface area contributed by atoms with Gasteiger partial charge in [0, 0.05) is 23.4 Å². The van der Waals surface area contributed by atoms with Gasteiger partial charge in [0.25, 0.3) is 5.91 Å². The molecule has 2 aromatic carbocycles. The molecule has 8 nitrogen and oxygen atoms in total. The highest BCUT2D eigenvalue weighted by atomic mass is 32.1. The minimum atomic E-state index is -1.13. The van der Waals surface area contributed by atoms with E-state index in [1.807, 2.05) is 54.6 Å². The van der Waals surface area contributed by atoms with Crippen LogP contribution in [0.1, 0.15) is 52.3 Å². The number of carbonyl (C=O) groups excluding carboxylic acids is 1. The van der Waals surface area contributed by atoms with E-state index in [0.717, 1.165) is 42.5 Å². The summed E-state index contributed by atoms with van der Waals surface area (Å²) in [5.74, 6) is -1.01. The summed E-state index contributed by atoms with van der Waals surface area (Å²) in [6, 6.07) is 19.9. The maximum Gasteiger partial charge on any atom is 0.326 e. The number of pyridine rings is 1. The second-order valence-electron chi connectivity index (χ2n) is 9.94. The SMILES string of the molecule is O=C(N[C@@H](Cc1ccc(OCCCc2ccc3c(n2)CCCC3)cc1)C(=O)O)c1cncc(-c2ccccc2)n1.S. The first kappa shape index (κ1) is 29.7. The lowest BCUT2D eigenvalue weighted by molar-refractivity contribution is -0.139. The van der Waals surface area contributed by atoms with Crippen LogP contribution in [-0.2, 0) is 30.5 Å². The molecule has 1 atom stereocenters. The molecule has 0 aliphatic heterocycles. The minimum Gasteiger partial charge on any atom is -0.494 e. The van der Waals surface area contributed by atoms with Gasteiger partial charge in [-0.1, -0.05) is 48.5 Å². The Balaban J connectivity index is 0.00000387. The number of hydrogen-bond donors (Lipinski definition) is 2. The van der Waals surface area contributed by atoms with Crippen molar-refractivity contribution in [3.05, 3.63) is 107 Å². The minimum absolute atomic E-state index is 0. The Morgan fingerprint density at radius 1 is 0.927 bits per heavy atom. The number of aliphatic carboxylic acids is 1. The molecule has 0 unspecified atom stereocenters. The highest BCUT2D eigenvalue weighted by Gasteiger charge is 2.22. The topological polar surface area (TPSA) is 114 Å². The van der Waals surface area contributed by atoms with Crippen molar-refractivity contribution in [1.82, 2.24) is 20.3 Å². The molecule has 41 heavy (non-hydrogen) atoms. The van der Waals surface area contributed by atoms with Crippen molar-refractivity contribution >= 4 is 25.4 Å². The molecule has 212 valence electrons. The molecule has 9 heteroatoms. The Morgan fingerprint density at radius 3 is 2.49 bits per heavy atom. The molecule has 2 aromatic heterocycles. The van der Waals surface area contributed by atoms with Gasteiger partial charge in [-0.15, -0.1) is 0 Å². The molecule has 1 aliphatic rings. The number of hydrogen-bond acceptors (Lipinski definition) is 6. The standard InChI is InChI=1S/C32H32N4O4.H2S/c37-31(30-21-33-20-29(35-30)23-7-2-1-3-8-23)36-28(32(38)39)19-22-12-16-26(17-13-22)40-18-6-10-25-15-14-24-9-4-5-11-27(24)34-25;/h1-3,7-8,12-17,20-21,28H,4-6,9-11,18-19H2,(H,36,37)(H,38,39);1H2/t28-;/m0./s1. The molecule has 0 fully saturated rings. The zero-order valence-electron chi connectivity index (χ0n) is 22.8. The molecular weight excluding hydrogens is 536 g/mol. The fourth-order valence-electron chi connectivity index (χ4n) is 4.82. The number of nitrogens with zero attached hydrogens (tertiary/aromatic N) is 3. The van der Waals surface area contributed by atoms with E-state index in [2.05, 4.69) is 27.4 Å². The molecule has 0 saturated carbocycles. The van der Waals surface area contributed by atoms with E-state index in [0.29, 0.717) is 18.1 Å². The Hall–Kier alpha value is -4.24. The Morgan fingerprint density at radius 2 is 1.71 bits per heavy atom. The van der Waals surface area contributed by atoms with Crippen LogP contribution in [0, 0.1) is 0 Å². The number of carbonyl (C=O) groups is 2. The van der Waals surface area contributed by atoms with Crippen LogP contribution in [0.4, 0.5) is 0 Å². The number of amides is 1. The number of fused-ring (bicyclic) bond motifs is 1. The van der Waals surface area contributed by atoms with Crippen LogP contribution in [0.5, 0.6) is 5.75 Å². The molecule has 0 spiro atoms. The first-order valence-corrected chi connectivity index (χ1v) is 13.7. The number of carboxylic acids is 1. The van der Waals surface area contributed by atoms with Crippen molar-refractivity contribution < 1.29 is 19.4 Å². The van der Waals surface area contributed by atoms with Gasteiger partial charge < -0.3 is 15.2 Å². The van der Waals surface area contributed by atoms with E-state index in [1.165, 1.54) is 30.3 Å². The zero-order chi connectivity index (χ0) is 27.7. The van der Waals surface area contributed by atoms with Gasteiger partial charge in [0.1, 0.15) is 17.5 Å². The van der Waals surface area contributed by atoms with Crippen LogP contribution in [0.25, 0.3) is 11.3 Å². The van der Waals surface area contributed by atoms with Crippen molar-refractivity contribution in [1.29, 1.82) is 0 Å². The number of rotatable bonds is 11. The Kier molecular flexibility index (Phi) is 10.5. The average Bonchev–Trinajstić information content (AvgIpc) is 3.00. The molecule has 2 N–H and O–H groups in total. The summed E-state index contributed by atoms with van der Waals surface area (Å²) in [5.41, 5.74) is 5.93. The summed E-state index contributed by atoms with van der Waals surface area (Å²) in [5, 5.41) is 12.3. The van der Waals surface area contributed by atoms with Crippen LogP contribution in [0.3, 0.4) is 0 Å². The number of benzene rings is 2. The number of aromatic nitrogens is 3. The molecule has 0 bridgehead atoms. The van der Waals surface area contributed by atoms with E-state index in [1.54, 1.807) is 6.20 Å². The van der Waals surface area contributed by atoms with Crippen molar-refractivity contribution in [3.63, 3.8) is 0 Å². The maximum atomic E-state index is 12.8. The normalized spacial score (nSPS) is 12.9. The van der Waals surface area contributed by atoms with Gasteiger partial charge in [0.2, 0.25) is 0 Å². The number of nitrogens with one attached hydrogen (secondary N) is 1. The van der Waals surface area contributed by atoms with Crippen molar-refractivity contribution in [2.75, 3.05) is 6.61 Å². The first-order valence-electron chi connectivity index (χ1n) is 13.7. The molecular formula is C32H34N4O4S. The highest BCUT2D eigenvalue weighted by Crippen LogP contribution is 2.20. The van der Waals surface area contributed by atoms with Gasteiger partial charge >= 0.3 is 5.97 Å². The molecule has 0 radical (unpaired) electrons. The quantitative estimate of drug-likeness (QED) is 0.245. The third-order valence-electron chi connectivity index (χ3n) is 6.99. The summed E-state index contributed by atoms with van der Waals surface area (Å²) in [4.78, 5) is 38.0. The van der Waals surface area contributed by atoms with E-state index >= 15 is 0 Å². The van der Waals surface area contributed by atoms with Crippen LogP contribution in [-0.4, -0.2) is 44.6 Å². The van der Waals surface area contributed by atoms with Gasteiger partial charge in [0.05, 0.1) is 24.7 Å². The van der Waals surface area contributed by atoms with Crippen molar-refractivity contribution in [3.8, 4) is 17.0 Å². The summed E-state index contributed by atoms with van der Waals surface area (Å²) < 4.78 is 5.89. The largest absolute Gasteiger partial charge is 0.494 e. The predicted octanol–water partition coefficient (Wildman–Crippen LogP) is 4.97. The molecule has 1 amide bonds. The highest BCUT2D eigenvalue weighted by molar-refractivity contribution is 7.59. The zero-order valence-corrected chi connectivity index (χ0v) is 23.8. The lowest BCUT2D eigenvalue weighted by Gasteiger charge is -2.15. The van der Waals surface area contributed by atoms with Gasteiger partial charge in [-0.05, 0) is 67.9 Å². The Labute approximate surface area is 246 Å². The van der Waals surface area contributed by atoms with Gasteiger partial charge in [-0.25, -0.2) is 9.78 Å². The van der Waals surface area contributed by atoms with Gasteiger partial charge in [0.15, 0.2) is 0 Å². The molecule has 2 heterocycles. The van der Waals surface area contributed by atoms with Crippen LogP contribution < -0.4 is 10.1 Å². The fourth-order valence-corrected chi connectivity index (χ4v) is 4.82. The van der Waals surface area contributed by atoms with E-state index in [9.17, 15) is 14.7 Å². The van der Waals surface area contributed by atoms with Crippen LogP contribution in [0.15, 0.2) is 79.1 Å². The second kappa shape index (κ2) is 14.4. The van der Waals surface area contributed by atoms with E-state index in [-0.39, 0.29) is 25.6 Å². The van der Waals surface area contributed by atoms with Gasteiger partial charge in [-0.3, -0.25) is 14.8 Å². The summed E-state index contributed by atoms with van der Waals surface area (Å²) >= 11 is 0. The van der Waals surface area contributed by atoms with Crippen LogP contribution >= 0.6 is 13.5 Å². The van der Waals surface area contributed by atoms with E-state index < -0.39 is 17.9 Å². The van der Waals surface area contributed by atoms with Crippen molar-refractivity contribution in [2.45, 2.75) is 51.0 Å². The molecule has 4 aromatic rings. The monoisotopic (exact) mass is 570 g/mol. The summed E-state index contributed by atoms with van der Waals surface area (Å²) in [6.07, 6.45) is 9.43.